The average Bonchev–Trinajstić information content (AvgIpc) is 2.82. The van der Waals surface area contributed by atoms with Gasteiger partial charge < -0.3 is 5.11 Å². The van der Waals surface area contributed by atoms with E-state index in [0.717, 1.165) is 16.1 Å². The first kappa shape index (κ1) is 11.3. The van der Waals surface area contributed by atoms with Crippen LogP contribution in [0.15, 0.2) is 10.8 Å². The molecule has 0 amide bonds. The number of hydrogen-bond acceptors (Lipinski definition) is 4. The van der Waals surface area contributed by atoms with Gasteiger partial charge in [0.25, 0.3) is 0 Å². The van der Waals surface area contributed by atoms with Crippen molar-refractivity contribution >= 4 is 28.6 Å². The van der Waals surface area contributed by atoms with Crippen LogP contribution < -0.4 is 0 Å². The molecule has 0 bridgehead atoms. The van der Waals surface area contributed by atoms with Gasteiger partial charge in [0.2, 0.25) is 0 Å². The van der Waals surface area contributed by atoms with E-state index in [0.29, 0.717) is 17.0 Å². The van der Waals surface area contributed by atoms with E-state index in [1.54, 1.807) is 11.3 Å². The highest BCUT2D eigenvalue weighted by Crippen LogP contribution is 2.32. The summed E-state index contributed by atoms with van der Waals surface area (Å²) in [6.07, 6.45) is 0.654. The second-order valence-electron chi connectivity index (χ2n) is 3.42. The Bertz CT molecular complexity index is 528. The maximum absolute atomic E-state index is 11.0. The molecule has 0 atom stereocenters. The Morgan fingerprint density at radius 3 is 2.69 bits per heavy atom. The molecule has 2 aromatic heterocycles. The fraction of sp³-hybridized carbons (Fsp3) is 0.273. The maximum Gasteiger partial charge on any atom is 0.347 e. The summed E-state index contributed by atoms with van der Waals surface area (Å²) in [5.41, 5.74) is 2.88. The number of nitrogens with zero attached hydrogens (tertiary/aromatic N) is 1. The highest BCUT2D eigenvalue weighted by atomic mass is 32.1. The molecule has 2 rings (SSSR count). The van der Waals surface area contributed by atoms with Crippen molar-refractivity contribution in [3.8, 4) is 10.6 Å². The molecule has 1 N–H and O–H groups in total. The molecule has 0 spiro atoms. The van der Waals surface area contributed by atoms with Crippen LogP contribution in [0.2, 0.25) is 0 Å². The lowest BCUT2D eigenvalue weighted by molar-refractivity contribution is 0.0701. The highest BCUT2D eigenvalue weighted by molar-refractivity contribution is 7.17. The molecular weight excluding hydrogens is 242 g/mol. The number of carbonyl (C=O) groups is 1. The smallest absolute Gasteiger partial charge is 0.347 e. The van der Waals surface area contributed by atoms with Crippen molar-refractivity contribution in [2.45, 2.75) is 20.3 Å². The Labute approximate surface area is 101 Å². The number of aromatic nitrogens is 1. The zero-order chi connectivity index (χ0) is 11.7. The summed E-state index contributed by atoms with van der Waals surface area (Å²) in [7, 11) is 0. The fourth-order valence-corrected chi connectivity index (χ4v) is 3.43. The quantitative estimate of drug-likeness (QED) is 0.911. The van der Waals surface area contributed by atoms with Crippen LogP contribution in [0.25, 0.3) is 10.6 Å². The van der Waals surface area contributed by atoms with Gasteiger partial charge in [0.15, 0.2) is 0 Å². The van der Waals surface area contributed by atoms with E-state index < -0.39 is 5.97 Å². The minimum absolute atomic E-state index is 0.364. The van der Waals surface area contributed by atoms with E-state index >= 15 is 0 Å². The van der Waals surface area contributed by atoms with Gasteiger partial charge in [-0.3, -0.25) is 0 Å². The van der Waals surface area contributed by atoms with Crippen LogP contribution in [0.3, 0.4) is 0 Å². The summed E-state index contributed by atoms with van der Waals surface area (Å²) in [5, 5.41) is 13.9. The number of aromatic carboxylic acids is 1. The van der Waals surface area contributed by atoms with Crippen molar-refractivity contribution in [2.24, 2.45) is 0 Å². The highest BCUT2D eigenvalue weighted by Gasteiger charge is 2.17. The van der Waals surface area contributed by atoms with Crippen LogP contribution in [0, 0.1) is 6.92 Å². The van der Waals surface area contributed by atoms with Crippen molar-refractivity contribution in [3.63, 3.8) is 0 Å². The second-order valence-corrected chi connectivity index (χ2v) is 5.16. The topological polar surface area (TPSA) is 50.2 Å². The molecule has 2 aromatic rings. The standard InChI is InChI=1S/C11H11NO2S2/c1-3-8-9(11(13)14)16-10(12-8)7-5-15-4-6(7)2/h4-5H,3H2,1-2H3,(H,13,14). The van der Waals surface area contributed by atoms with Crippen LogP contribution in [-0.2, 0) is 6.42 Å². The zero-order valence-electron chi connectivity index (χ0n) is 8.98. The molecule has 0 aliphatic rings. The SMILES string of the molecule is CCc1nc(-c2cscc2C)sc1C(=O)O. The minimum atomic E-state index is -0.881. The molecule has 0 radical (unpaired) electrons. The minimum Gasteiger partial charge on any atom is -0.477 e. The Kier molecular flexibility index (Phi) is 3.07. The Balaban J connectivity index is 2.52. The second kappa shape index (κ2) is 4.35. The van der Waals surface area contributed by atoms with Gasteiger partial charge in [-0.05, 0) is 24.3 Å². The van der Waals surface area contributed by atoms with Crippen LogP contribution in [-0.4, -0.2) is 16.1 Å². The molecule has 0 aliphatic heterocycles. The first-order valence-electron chi connectivity index (χ1n) is 4.89. The third-order valence-corrected chi connectivity index (χ3v) is 4.29. The van der Waals surface area contributed by atoms with Crippen LogP contribution in [0.5, 0.6) is 0 Å². The summed E-state index contributed by atoms with van der Waals surface area (Å²) in [6, 6.07) is 0. The Hall–Kier alpha value is -1.20. The van der Waals surface area contributed by atoms with Gasteiger partial charge >= 0.3 is 5.97 Å². The number of aryl methyl sites for hydroxylation is 2. The fourth-order valence-electron chi connectivity index (χ4n) is 1.45. The molecule has 16 heavy (non-hydrogen) atoms. The Morgan fingerprint density at radius 1 is 1.50 bits per heavy atom. The van der Waals surface area contributed by atoms with E-state index in [1.165, 1.54) is 11.3 Å². The van der Waals surface area contributed by atoms with Gasteiger partial charge in [0.05, 0.1) is 5.69 Å². The van der Waals surface area contributed by atoms with Crippen molar-refractivity contribution in [2.75, 3.05) is 0 Å². The molecule has 0 fully saturated rings. The number of carboxylic acid groups (broad SMARTS) is 1. The first-order valence-corrected chi connectivity index (χ1v) is 6.65. The zero-order valence-corrected chi connectivity index (χ0v) is 10.6. The third-order valence-electron chi connectivity index (χ3n) is 2.31. The number of thiophene rings is 1. The maximum atomic E-state index is 11.0. The summed E-state index contributed by atoms with van der Waals surface area (Å²) < 4.78 is 0. The van der Waals surface area contributed by atoms with Crippen molar-refractivity contribution < 1.29 is 9.90 Å². The molecule has 0 unspecified atom stereocenters. The lowest BCUT2D eigenvalue weighted by Crippen LogP contribution is -1.97. The molecule has 5 heteroatoms. The van der Waals surface area contributed by atoms with Gasteiger partial charge in [-0.1, -0.05) is 6.92 Å². The summed E-state index contributed by atoms with van der Waals surface area (Å²) in [4.78, 5) is 15.8. The van der Waals surface area contributed by atoms with Gasteiger partial charge in [-0.2, -0.15) is 11.3 Å². The van der Waals surface area contributed by atoms with Crippen LogP contribution in [0.4, 0.5) is 0 Å². The lowest BCUT2D eigenvalue weighted by Gasteiger charge is -1.91. The average molecular weight is 253 g/mol. The van der Waals surface area contributed by atoms with E-state index in [1.807, 2.05) is 24.6 Å². The van der Waals surface area contributed by atoms with E-state index in [2.05, 4.69) is 4.98 Å². The van der Waals surface area contributed by atoms with Gasteiger partial charge in [-0.25, -0.2) is 9.78 Å². The van der Waals surface area contributed by atoms with Gasteiger partial charge in [0.1, 0.15) is 9.88 Å². The van der Waals surface area contributed by atoms with E-state index in [4.69, 9.17) is 5.11 Å². The molecule has 2 heterocycles. The first-order chi connectivity index (χ1) is 7.63. The van der Waals surface area contributed by atoms with Crippen LogP contribution in [0.1, 0.15) is 27.9 Å². The van der Waals surface area contributed by atoms with Crippen molar-refractivity contribution in [1.82, 2.24) is 4.98 Å². The number of hydrogen-bond donors (Lipinski definition) is 1. The predicted molar refractivity (Wildman–Crippen MR) is 66.5 cm³/mol. The number of carboxylic acids is 1. The normalized spacial score (nSPS) is 10.6. The van der Waals surface area contributed by atoms with E-state index in [-0.39, 0.29) is 0 Å². The molecule has 3 nitrogen and oxygen atoms in total. The monoisotopic (exact) mass is 253 g/mol. The lowest BCUT2D eigenvalue weighted by atomic mass is 10.2. The molecule has 0 saturated carbocycles. The van der Waals surface area contributed by atoms with E-state index in [9.17, 15) is 4.79 Å². The predicted octanol–water partition coefficient (Wildman–Crippen LogP) is 3.44. The Morgan fingerprint density at radius 2 is 2.25 bits per heavy atom. The van der Waals surface area contributed by atoms with Gasteiger partial charge in [0, 0.05) is 10.9 Å². The molecule has 84 valence electrons. The molecular formula is C11H11NO2S2. The molecule has 0 saturated heterocycles. The number of thiazole rings is 1. The van der Waals surface area contributed by atoms with Crippen molar-refractivity contribution in [1.29, 1.82) is 0 Å². The molecule has 0 aromatic carbocycles. The molecule has 0 aliphatic carbocycles. The van der Waals surface area contributed by atoms with Gasteiger partial charge in [-0.15, -0.1) is 11.3 Å². The van der Waals surface area contributed by atoms with Crippen molar-refractivity contribution in [3.05, 3.63) is 26.9 Å². The third kappa shape index (κ3) is 1.88. The van der Waals surface area contributed by atoms with Crippen LogP contribution >= 0.6 is 22.7 Å². The summed E-state index contributed by atoms with van der Waals surface area (Å²) in [5.74, 6) is -0.881. The summed E-state index contributed by atoms with van der Waals surface area (Å²) in [6.45, 7) is 3.94. The number of rotatable bonds is 3. The summed E-state index contributed by atoms with van der Waals surface area (Å²) >= 11 is 2.87. The largest absolute Gasteiger partial charge is 0.477 e.